The summed E-state index contributed by atoms with van der Waals surface area (Å²) in [6.07, 6.45) is 0. The number of nitrogens with zero attached hydrogens (tertiary/aromatic N) is 4. The Morgan fingerprint density at radius 3 is 2.11 bits per heavy atom. The van der Waals surface area contributed by atoms with E-state index in [1.807, 2.05) is 55.5 Å². The van der Waals surface area contributed by atoms with Gasteiger partial charge in [-0.3, -0.25) is 9.59 Å². The number of aromatic nitrogens is 2. The molecule has 0 unspecified atom stereocenters. The van der Waals surface area contributed by atoms with Crippen LogP contribution in [0.1, 0.15) is 31.8 Å². The molecule has 3 aromatic carbocycles. The molecule has 1 aromatic heterocycles. The van der Waals surface area contributed by atoms with Crippen molar-refractivity contribution in [2.45, 2.75) is 6.92 Å². The van der Waals surface area contributed by atoms with Crippen molar-refractivity contribution in [3.05, 3.63) is 107 Å². The van der Waals surface area contributed by atoms with Crippen molar-refractivity contribution in [2.24, 2.45) is 0 Å². The molecule has 0 spiro atoms. The van der Waals surface area contributed by atoms with Gasteiger partial charge in [0.1, 0.15) is 5.75 Å². The number of hydrogen-bond acceptors (Lipinski definition) is 6. The van der Waals surface area contributed by atoms with Gasteiger partial charge in [0, 0.05) is 42.9 Å². The molecule has 1 fully saturated rings. The van der Waals surface area contributed by atoms with E-state index in [2.05, 4.69) is 15.1 Å². The average Bonchev–Trinajstić information content (AvgIpc) is 2.97. The number of ketones is 1. The first-order chi connectivity index (χ1) is 18.0. The zero-order valence-corrected chi connectivity index (χ0v) is 20.9. The Labute approximate surface area is 216 Å². The Bertz CT molecular complexity index is 1410. The van der Waals surface area contributed by atoms with Gasteiger partial charge in [-0.15, -0.1) is 10.2 Å². The minimum absolute atomic E-state index is 0.131. The maximum Gasteiger partial charge on any atom is 0.254 e. The van der Waals surface area contributed by atoms with Crippen molar-refractivity contribution < 1.29 is 14.3 Å². The molecule has 5 rings (SSSR count). The van der Waals surface area contributed by atoms with E-state index in [1.54, 1.807) is 48.4 Å². The number of ether oxygens (including phenoxy) is 1. The van der Waals surface area contributed by atoms with Crippen molar-refractivity contribution >= 4 is 17.5 Å². The summed E-state index contributed by atoms with van der Waals surface area (Å²) in [5.41, 5.74) is 4.14. The maximum absolute atomic E-state index is 13.4. The lowest BCUT2D eigenvalue weighted by atomic mass is 9.97. The van der Waals surface area contributed by atoms with Crippen LogP contribution in [0.2, 0.25) is 0 Å². The lowest BCUT2D eigenvalue weighted by molar-refractivity contribution is 0.0742. The van der Waals surface area contributed by atoms with Crippen molar-refractivity contribution in [1.82, 2.24) is 15.1 Å². The molecule has 0 atom stereocenters. The van der Waals surface area contributed by atoms with Crippen LogP contribution < -0.4 is 9.64 Å². The van der Waals surface area contributed by atoms with Gasteiger partial charge in [-0.1, -0.05) is 60.2 Å². The van der Waals surface area contributed by atoms with Crippen LogP contribution in [0.25, 0.3) is 11.3 Å². The molecule has 37 heavy (non-hydrogen) atoms. The Kier molecular flexibility index (Phi) is 6.94. The average molecular weight is 493 g/mol. The summed E-state index contributed by atoms with van der Waals surface area (Å²) < 4.78 is 5.43. The predicted molar refractivity (Wildman–Crippen MR) is 143 cm³/mol. The highest BCUT2D eigenvalue weighted by molar-refractivity contribution is 6.15. The third kappa shape index (κ3) is 5.07. The van der Waals surface area contributed by atoms with E-state index in [1.165, 1.54) is 0 Å². The highest BCUT2D eigenvalue weighted by Gasteiger charge is 2.26. The van der Waals surface area contributed by atoms with Crippen molar-refractivity contribution in [3.63, 3.8) is 0 Å². The maximum atomic E-state index is 13.4. The molecule has 0 N–H and O–H groups in total. The number of methoxy groups -OCH3 is 1. The highest BCUT2D eigenvalue weighted by atomic mass is 16.5. The summed E-state index contributed by atoms with van der Waals surface area (Å²) in [5, 5.41) is 8.84. The Balaban J connectivity index is 1.27. The van der Waals surface area contributed by atoms with Gasteiger partial charge in [-0.2, -0.15) is 0 Å². The summed E-state index contributed by atoms with van der Waals surface area (Å²) >= 11 is 0. The van der Waals surface area contributed by atoms with E-state index in [0.717, 1.165) is 28.4 Å². The molecular formula is C30H28N4O3. The number of carbonyl (C=O) groups is 2. The Morgan fingerprint density at radius 2 is 1.43 bits per heavy atom. The van der Waals surface area contributed by atoms with Crippen LogP contribution >= 0.6 is 0 Å². The fourth-order valence-electron chi connectivity index (χ4n) is 4.53. The molecule has 7 heteroatoms. The molecule has 7 nitrogen and oxygen atoms in total. The van der Waals surface area contributed by atoms with E-state index >= 15 is 0 Å². The van der Waals surface area contributed by atoms with Crippen LogP contribution in [-0.4, -0.2) is 60.1 Å². The summed E-state index contributed by atoms with van der Waals surface area (Å²) in [4.78, 5) is 30.5. The third-order valence-electron chi connectivity index (χ3n) is 6.64. The smallest absolute Gasteiger partial charge is 0.254 e. The molecule has 1 aliphatic rings. The second kappa shape index (κ2) is 10.6. The first-order valence-electron chi connectivity index (χ1n) is 12.3. The summed E-state index contributed by atoms with van der Waals surface area (Å²) in [7, 11) is 1.64. The zero-order chi connectivity index (χ0) is 25.8. The molecule has 2 heterocycles. The predicted octanol–water partition coefficient (Wildman–Crippen LogP) is 4.65. The van der Waals surface area contributed by atoms with Crippen LogP contribution in [0.4, 0.5) is 5.82 Å². The summed E-state index contributed by atoms with van der Waals surface area (Å²) in [6.45, 7) is 4.29. The highest BCUT2D eigenvalue weighted by Crippen LogP contribution is 2.28. The molecule has 4 aromatic rings. The largest absolute Gasteiger partial charge is 0.496 e. The van der Waals surface area contributed by atoms with Gasteiger partial charge in [0.05, 0.1) is 18.4 Å². The molecule has 0 saturated carbocycles. The van der Waals surface area contributed by atoms with Crippen molar-refractivity contribution in [1.29, 1.82) is 0 Å². The SMILES string of the molecule is COc1ccccc1-c1ccc(N2CCN(C(=O)c3ccccc3C(=O)c3ccc(C)cc3)CC2)nn1. The number of benzene rings is 3. The molecule has 1 amide bonds. The first kappa shape index (κ1) is 24.2. The number of para-hydroxylation sites is 1. The lowest BCUT2D eigenvalue weighted by Gasteiger charge is -2.35. The Hall–Kier alpha value is -4.52. The summed E-state index contributed by atoms with van der Waals surface area (Å²) in [6, 6.07) is 26.1. The Morgan fingerprint density at radius 1 is 0.757 bits per heavy atom. The van der Waals surface area contributed by atoms with E-state index in [0.29, 0.717) is 42.9 Å². The quantitative estimate of drug-likeness (QED) is 0.365. The number of rotatable bonds is 6. The zero-order valence-electron chi connectivity index (χ0n) is 20.9. The fourth-order valence-corrected chi connectivity index (χ4v) is 4.53. The number of aryl methyl sites for hydroxylation is 1. The van der Waals surface area contributed by atoms with E-state index in [4.69, 9.17) is 4.74 Å². The number of carbonyl (C=O) groups excluding carboxylic acids is 2. The van der Waals surface area contributed by atoms with Gasteiger partial charge in [-0.25, -0.2) is 0 Å². The second-order valence-corrected chi connectivity index (χ2v) is 9.00. The van der Waals surface area contributed by atoms with Crippen molar-refractivity contribution in [3.8, 4) is 17.0 Å². The first-order valence-corrected chi connectivity index (χ1v) is 12.3. The van der Waals surface area contributed by atoms with E-state index < -0.39 is 0 Å². The minimum atomic E-state index is -0.145. The number of piperazine rings is 1. The third-order valence-corrected chi connectivity index (χ3v) is 6.64. The van der Waals surface area contributed by atoms with Gasteiger partial charge >= 0.3 is 0 Å². The monoisotopic (exact) mass is 492 g/mol. The van der Waals surface area contributed by atoms with Crippen LogP contribution in [0.15, 0.2) is 84.9 Å². The minimum Gasteiger partial charge on any atom is -0.496 e. The van der Waals surface area contributed by atoms with Crippen LogP contribution in [-0.2, 0) is 0 Å². The topological polar surface area (TPSA) is 75.6 Å². The lowest BCUT2D eigenvalue weighted by Crippen LogP contribution is -2.49. The van der Waals surface area contributed by atoms with Crippen molar-refractivity contribution in [2.75, 3.05) is 38.2 Å². The molecule has 1 aliphatic heterocycles. The normalized spacial score (nSPS) is 13.4. The number of anilines is 1. The number of hydrogen-bond donors (Lipinski definition) is 0. The fraction of sp³-hybridized carbons (Fsp3) is 0.200. The molecule has 0 radical (unpaired) electrons. The van der Waals surface area contributed by atoms with Gasteiger partial charge in [0.2, 0.25) is 0 Å². The standard InChI is InChI=1S/C30H28N4O3/c1-21-11-13-22(14-12-21)29(35)23-7-3-4-8-24(23)30(36)34-19-17-33(18-20-34)28-16-15-26(31-32-28)25-9-5-6-10-27(25)37-2/h3-16H,17-20H2,1-2H3. The van der Waals surface area contributed by atoms with Crippen LogP contribution in [0, 0.1) is 6.92 Å². The van der Waals surface area contributed by atoms with Crippen LogP contribution in [0.5, 0.6) is 5.75 Å². The molecule has 0 aliphatic carbocycles. The van der Waals surface area contributed by atoms with Crippen LogP contribution in [0.3, 0.4) is 0 Å². The van der Waals surface area contributed by atoms with E-state index in [9.17, 15) is 9.59 Å². The molecule has 1 saturated heterocycles. The summed E-state index contributed by atoms with van der Waals surface area (Å²) in [5.74, 6) is 1.24. The van der Waals surface area contributed by atoms with Gasteiger partial charge < -0.3 is 14.5 Å². The van der Waals surface area contributed by atoms with Gasteiger partial charge in [0.15, 0.2) is 11.6 Å². The molecular weight excluding hydrogens is 464 g/mol. The molecule has 186 valence electrons. The van der Waals surface area contributed by atoms with Gasteiger partial charge in [-0.05, 0) is 37.3 Å². The number of amides is 1. The second-order valence-electron chi connectivity index (χ2n) is 9.00. The van der Waals surface area contributed by atoms with Gasteiger partial charge in [0.25, 0.3) is 5.91 Å². The molecule has 0 bridgehead atoms. The van der Waals surface area contributed by atoms with E-state index in [-0.39, 0.29) is 11.7 Å².